The molecule has 5 nitrogen and oxygen atoms in total. The second kappa shape index (κ2) is 6.07. The average molecular weight is 274 g/mol. The fourth-order valence-corrected chi connectivity index (χ4v) is 2.34. The van der Waals surface area contributed by atoms with Gasteiger partial charge in [0.25, 0.3) is 0 Å². The van der Waals surface area contributed by atoms with Gasteiger partial charge in [-0.15, -0.1) is 0 Å². The Kier molecular flexibility index (Phi) is 3.99. The first kappa shape index (κ1) is 13.1. The lowest BCUT2D eigenvalue weighted by atomic mass is 10.1. The van der Waals surface area contributed by atoms with E-state index in [0.717, 1.165) is 36.2 Å². The topological polar surface area (TPSA) is 52.6 Å². The zero-order valence-corrected chi connectivity index (χ0v) is 11.5. The van der Waals surface area contributed by atoms with E-state index in [1.165, 1.54) is 0 Å². The number of benzene rings is 1. The fraction of sp³-hybridized carbons (Fsp3) is 0.400. The molecule has 1 fully saturated rings. The summed E-state index contributed by atoms with van der Waals surface area (Å²) in [5.41, 5.74) is 0. The monoisotopic (exact) mass is 274 g/mol. The lowest BCUT2D eigenvalue weighted by Gasteiger charge is -2.23. The molecule has 0 spiro atoms. The van der Waals surface area contributed by atoms with Crippen LogP contribution in [0.25, 0.3) is 10.8 Å². The molecule has 3 rings (SSSR count). The van der Waals surface area contributed by atoms with Gasteiger partial charge >= 0.3 is 0 Å². The summed E-state index contributed by atoms with van der Waals surface area (Å²) in [6.07, 6.45) is 1.81. The molecular weight excluding hydrogens is 256 g/mol. The number of nitrogens with zero attached hydrogens (tertiary/aromatic N) is 1. The second-order valence-electron chi connectivity index (χ2n) is 4.68. The van der Waals surface area contributed by atoms with Crippen LogP contribution in [0.4, 0.5) is 0 Å². The summed E-state index contributed by atoms with van der Waals surface area (Å²) in [6, 6.07) is 7.79. The van der Waals surface area contributed by atoms with Crippen molar-refractivity contribution in [1.29, 1.82) is 0 Å². The van der Waals surface area contributed by atoms with Crippen molar-refractivity contribution in [3.05, 3.63) is 30.5 Å². The van der Waals surface area contributed by atoms with Crippen LogP contribution in [0.5, 0.6) is 11.6 Å². The predicted octanol–water partition coefficient (Wildman–Crippen LogP) is 1.61. The largest absolute Gasteiger partial charge is 0.496 e. The maximum absolute atomic E-state index is 5.83. The van der Waals surface area contributed by atoms with Gasteiger partial charge in [0.1, 0.15) is 18.5 Å². The van der Waals surface area contributed by atoms with Gasteiger partial charge in [-0.25, -0.2) is 4.98 Å². The number of ether oxygens (including phenoxy) is 3. The van der Waals surface area contributed by atoms with Crippen molar-refractivity contribution in [2.45, 2.75) is 6.10 Å². The van der Waals surface area contributed by atoms with Gasteiger partial charge in [0.05, 0.1) is 13.7 Å². The Balaban J connectivity index is 1.80. The summed E-state index contributed by atoms with van der Waals surface area (Å²) < 4.78 is 16.8. The molecule has 0 aliphatic carbocycles. The lowest BCUT2D eigenvalue weighted by molar-refractivity contribution is -0.000385. The van der Waals surface area contributed by atoms with Gasteiger partial charge in [0.15, 0.2) is 0 Å². The van der Waals surface area contributed by atoms with Crippen LogP contribution in [-0.2, 0) is 4.74 Å². The van der Waals surface area contributed by atoms with Gasteiger partial charge in [0.2, 0.25) is 5.88 Å². The second-order valence-corrected chi connectivity index (χ2v) is 4.68. The highest BCUT2D eigenvalue weighted by atomic mass is 16.5. The Morgan fingerprint density at radius 1 is 1.35 bits per heavy atom. The van der Waals surface area contributed by atoms with Crippen LogP contribution in [0.15, 0.2) is 30.5 Å². The van der Waals surface area contributed by atoms with Gasteiger partial charge in [-0.3, -0.25) is 0 Å². The summed E-state index contributed by atoms with van der Waals surface area (Å²) in [4.78, 5) is 4.31. The minimum absolute atomic E-state index is 0.0754. The van der Waals surface area contributed by atoms with Gasteiger partial charge in [0, 0.05) is 30.1 Å². The van der Waals surface area contributed by atoms with E-state index < -0.39 is 0 Å². The van der Waals surface area contributed by atoms with Gasteiger partial charge in [-0.2, -0.15) is 0 Å². The number of fused-ring (bicyclic) bond motifs is 1. The molecule has 1 saturated heterocycles. The van der Waals surface area contributed by atoms with E-state index in [-0.39, 0.29) is 6.10 Å². The molecule has 5 heteroatoms. The fourth-order valence-electron chi connectivity index (χ4n) is 2.34. The number of hydrogen-bond donors (Lipinski definition) is 1. The zero-order chi connectivity index (χ0) is 13.8. The Labute approximate surface area is 117 Å². The standard InChI is InChI=1S/C15H18N2O3/c1-18-14-4-2-3-13-12(14)5-6-17-15(13)20-10-11-9-16-7-8-19-11/h2-6,11,16H,7-10H2,1H3. The zero-order valence-electron chi connectivity index (χ0n) is 11.5. The SMILES string of the molecule is COc1cccc2c(OCC3CNCCO3)nccc12. The molecule has 1 aromatic heterocycles. The van der Waals surface area contributed by atoms with Gasteiger partial charge in [-0.1, -0.05) is 6.07 Å². The molecule has 1 N–H and O–H groups in total. The minimum atomic E-state index is 0.0754. The van der Waals surface area contributed by atoms with Crippen LogP contribution >= 0.6 is 0 Å². The van der Waals surface area contributed by atoms with E-state index in [4.69, 9.17) is 14.2 Å². The maximum atomic E-state index is 5.83. The minimum Gasteiger partial charge on any atom is -0.496 e. The third-order valence-corrected chi connectivity index (χ3v) is 3.36. The lowest BCUT2D eigenvalue weighted by Crippen LogP contribution is -2.41. The van der Waals surface area contributed by atoms with E-state index in [2.05, 4.69) is 10.3 Å². The number of aromatic nitrogens is 1. The maximum Gasteiger partial charge on any atom is 0.221 e. The van der Waals surface area contributed by atoms with Crippen LogP contribution in [0.1, 0.15) is 0 Å². The summed E-state index contributed by atoms with van der Waals surface area (Å²) in [7, 11) is 1.66. The number of pyridine rings is 1. The third-order valence-electron chi connectivity index (χ3n) is 3.36. The third kappa shape index (κ3) is 2.69. The van der Waals surface area contributed by atoms with Crippen molar-refractivity contribution in [2.75, 3.05) is 33.4 Å². The first-order valence-corrected chi connectivity index (χ1v) is 6.75. The first-order valence-electron chi connectivity index (χ1n) is 6.75. The Morgan fingerprint density at radius 3 is 3.10 bits per heavy atom. The summed E-state index contributed by atoms with van der Waals surface area (Å²) in [5, 5.41) is 5.24. The van der Waals surface area contributed by atoms with Crippen molar-refractivity contribution >= 4 is 10.8 Å². The van der Waals surface area contributed by atoms with E-state index in [9.17, 15) is 0 Å². The molecule has 0 bridgehead atoms. The van der Waals surface area contributed by atoms with Crippen molar-refractivity contribution in [1.82, 2.24) is 10.3 Å². The number of morpholine rings is 1. The van der Waals surface area contributed by atoms with E-state index >= 15 is 0 Å². The Morgan fingerprint density at radius 2 is 2.30 bits per heavy atom. The molecule has 1 aliphatic heterocycles. The molecule has 20 heavy (non-hydrogen) atoms. The predicted molar refractivity (Wildman–Crippen MR) is 76.4 cm³/mol. The van der Waals surface area contributed by atoms with Gasteiger partial charge < -0.3 is 19.5 Å². The van der Waals surface area contributed by atoms with Gasteiger partial charge in [-0.05, 0) is 18.2 Å². The Bertz CT molecular complexity index is 582. The van der Waals surface area contributed by atoms with Crippen molar-refractivity contribution < 1.29 is 14.2 Å². The van der Waals surface area contributed by atoms with E-state index in [1.807, 2.05) is 24.3 Å². The normalized spacial score (nSPS) is 18.9. The van der Waals surface area contributed by atoms with Crippen molar-refractivity contribution in [3.63, 3.8) is 0 Å². The summed E-state index contributed by atoms with van der Waals surface area (Å²) in [6.45, 7) is 2.94. The molecule has 0 amide bonds. The molecule has 2 aromatic rings. The highest BCUT2D eigenvalue weighted by Crippen LogP contribution is 2.30. The highest BCUT2D eigenvalue weighted by molar-refractivity contribution is 5.91. The van der Waals surface area contributed by atoms with Crippen LogP contribution < -0.4 is 14.8 Å². The van der Waals surface area contributed by atoms with Crippen molar-refractivity contribution in [2.24, 2.45) is 0 Å². The Hall–Kier alpha value is -1.85. The van der Waals surface area contributed by atoms with E-state index in [0.29, 0.717) is 12.5 Å². The highest BCUT2D eigenvalue weighted by Gasteiger charge is 2.15. The number of hydrogen-bond acceptors (Lipinski definition) is 5. The van der Waals surface area contributed by atoms with Crippen LogP contribution in [0.3, 0.4) is 0 Å². The molecule has 0 radical (unpaired) electrons. The quantitative estimate of drug-likeness (QED) is 0.918. The molecule has 1 unspecified atom stereocenters. The van der Waals surface area contributed by atoms with Crippen LogP contribution in [0, 0.1) is 0 Å². The molecular formula is C15H18N2O3. The number of nitrogens with one attached hydrogen (secondary N) is 1. The summed E-state index contributed by atoms with van der Waals surface area (Å²) >= 11 is 0. The van der Waals surface area contributed by atoms with E-state index in [1.54, 1.807) is 13.3 Å². The number of rotatable bonds is 4. The molecule has 1 aromatic carbocycles. The van der Waals surface area contributed by atoms with Crippen LogP contribution in [-0.4, -0.2) is 44.5 Å². The smallest absolute Gasteiger partial charge is 0.221 e. The van der Waals surface area contributed by atoms with Crippen LogP contribution in [0.2, 0.25) is 0 Å². The molecule has 1 aliphatic rings. The molecule has 2 heterocycles. The van der Waals surface area contributed by atoms with Crippen molar-refractivity contribution in [3.8, 4) is 11.6 Å². The average Bonchev–Trinajstić information content (AvgIpc) is 2.53. The first-order chi connectivity index (χ1) is 9.88. The molecule has 0 saturated carbocycles. The molecule has 1 atom stereocenters. The number of methoxy groups -OCH3 is 1. The molecule has 106 valence electrons. The summed E-state index contributed by atoms with van der Waals surface area (Å²) in [5.74, 6) is 1.45.